The van der Waals surface area contributed by atoms with Gasteiger partial charge in [-0.1, -0.05) is 10.3 Å². The number of hydrogen-bond acceptors (Lipinski definition) is 8. The van der Waals surface area contributed by atoms with E-state index >= 15 is 0 Å². The van der Waals surface area contributed by atoms with Crippen LogP contribution in [-0.2, 0) is 14.4 Å². The Bertz CT molecular complexity index is 638. The molecular formula is C15H20N4O4. The van der Waals surface area contributed by atoms with Gasteiger partial charge in [0.15, 0.2) is 11.5 Å². The second-order valence-electron chi connectivity index (χ2n) is 4.31. The molecule has 8 nitrogen and oxygen atoms in total. The summed E-state index contributed by atoms with van der Waals surface area (Å²) in [5.41, 5.74) is 1.63. The Morgan fingerprint density at radius 1 is 1.22 bits per heavy atom. The molecule has 124 valence electrons. The predicted molar refractivity (Wildman–Crippen MR) is 87.2 cm³/mol. The molecule has 0 saturated heterocycles. The highest BCUT2D eigenvalue weighted by Crippen LogP contribution is 2.19. The third-order valence-corrected chi connectivity index (χ3v) is 2.80. The third-order valence-electron chi connectivity index (χ3n) is 2.80. The quantitative estimate of drug-likeness (QED) is 0.434. The molecule has 1 aromatic heterocycles. The van der Waals surface area contributed by atoms with Crippen LogP contribution in [0.15, 0.2) is 33.8 Å². The van der Waals surface area contributed by atoms with Crippen LogP contribution in [0, 0.1) is 0 Å². The standard InChI is InChI=1S/C15H20N4O4/c1-6-17-10(2)11(3)18-23-13-7-8-16-9-12(13)14(19-22-5)15(20)21-4/h7-9H,6H2,1-5H3/b17-10?,18-11+,19-14+. The van der Waals surface area contributed by atoms with Crippen molar-refractivity contribution >= 4 is 23.1 Å². The lowest BCUT2D eigenvalue weighted by Crippen LogP contribution is -2.19. The summed E-state index contributed by atoms with van der Waals surface area (Å²) in [6, 6.07) is 1.56. The smallest absolute Gasteiger partial charge is 0.360 e. The van der Waals surface area contributed by atoms with Gasteiger partial charge in [-0.15, -0.1) is 0 Å². The Morgan fingerprint density at radius 2 is 1.96 bits per heavy atom. The number of oxime groups is 2. The molecule has 0 radical (unpaired) electrons. The first kappa shape index (κ1) is 18.3. The normalized spacial score (nSPS) is 12.8. The molecule has 23 heavy (non-hydrogen) atoms. The van der Waals surface area contributed by atoms with Gasteiger partial charge >= 0.3 is 5.97 Å². The van der Waals surface area contributed by atoms with Crippen LogP contribution in [-0.4, -0.2) is 48.9 Å². The van der Waals surface area contributed by atoms with Gasteiger partial charge in [0.25, 0.3) is 0 Å². The molecule has 1 rings (SSSR count). The molecule has 0 aliphatic carbocycles. The van der Waals surface area contributed by atoms with Gasteiger partial charge in [-0.2, -0.15) is 0 Å². The summed E-state index contributed by atoms with van der Waals surface area (Å²) in [7, 11) is 2.57. The molecule has 0 N–H and O–H groups in total. The summed E-state index contributed by atoms with van der Waals surface area (Å²) >= 11 is 0. The maximum Gasteiger partial charge on any atom is 0.360 e. The number of aliphatic imine (C=N–C) groups is 1. The SMILES string of the molecule is CCN=C(C)/C(C)=N/Oc1ccncc1/C(=N\OC)C(=O)OC. The zero-order valence-corrected chi connectivity index (χ0v) is 13.9. The van der Waals surface area contributed by atoms with Crippen LogP contribution in [0.4, 0.5) is 0 Å². The molecule has 1 aromatic rings. The zero-order chi connectivity index (χ0) is 17.2. The van der Waals surface area contributed by atoms with Crippen molar-refractivity contribution in [1.29, 1.82) is 0 Å². The van der Waals surface area contributed by atoms with Crippen LogP contribution in [0.2, 0.25) is 0 Å². The minimum absolute atomic E-state index is 0.0649. The number of pyridine rings is 1. The van der Waals surface area contributed by atoms with Gasteiger partial charge in [-0.25, -0.2) is 4.79 Å². The predicted octanol–water partition coefficient (Wildman–Crippen LogP) is 1.84. The Labute approximate surface area is 134 Å². The van der Waals surface area contributed by atoms with Gasteiger partial charge in [0, 0.05) is 25.0 Å². The van der Waals surface area contributed by atoms with E-state index in [2.05, 4.69) is 29.9 Å². The van der Waals surface area contributed by atoms with Gasteiger partial charge in [0.2, 0.25) is 0 Å². The van der Waals surface area contributed by atoms with Gasteiger partial charge in [0.1, 0.15) is 7.11 Å². The number of ether oxygens (including phenoxy) is 1. The highest BCUT2D eigenvalue weighted by Gasteiger charge is 2.21. The van der Waals surface area contributed by atoms with Crippen molar-refractivity contribution in [2.24, 2.45) is 15.3 Å². The lowest BCUT2D eigenvalue weighted by Gasteiger charge is -2.08. The van der Waals surface area contributed by atoms with Crippen molar-refractivity contribution in [3.05, 3.63) is 24.0 Å². The van der Waals surface area contributed by atoms with E-state index in [-0.39, 0.29) is 5.71 Å². The van der Waals surface area contributed by atoms with Crippen molar-refractivity contribution in [2.45, 2.75) is 20.8 Å². The van der Waals surface area contributed by atoms with E-state index < -0.39 is 5.97 Å². The van der Waals surface area contributed by atoms with Gasteiger partial charge in [-0.3, -0.25) is 9.98 Å². The number of rotatable bonds is 7. The molecule has 0 amide bonds. The molecule has 0 unspecified atom stereocenters. The molecule has 0 bridgehead atoms. The van der Waals surface area contributed by atoms with Crippen LogP contribution in [0.1, 0.15) is 26.3 Å². The first-order valence-corrected chi connectivity index (χ1v) is 6.92. The summed E-state index contributed by atoms with van der Waals surface area (Å²) in [5.74, 6) is -0.376. The van der Waals surface area contributed by atoms with E-state index in [1.165, 1.54) is 26.6 Å². The van der Waals surface area contributed by atoms with Crippen LogP contribution in [0.3, 0.4) is 0 Å². The fraction of sp³-hybridized carbons (Fsp3) is 0.400. The number of nitrogens with zero attached hydrogens (tertiary/aromatic N) is 4. The minimum atomic E-state index is -0.672. The molecule has 0 spiro atoms. The van der Waals surface area contributed by atoms with Crippen LogP contribution < -0.4 is 4.84 Å². The fourth-order valence-corrected chi connectivity index (χ4v) is 1.56. The van der Waals surface area contributed by atoms with E-state index in [1.54, 1.807) is 13.0 Å². The third kappa shape index (κ3) is 5.17. The molecule has 1 heterocycles. The Kier molecular flexibility index (Phi) is 7.38. The van der Waals surface area contributed by atoms with Crippen molar-refractivity contribution in [3.8, 4) is 5.75 Å². The molecule has 0 saturated carbocycles. The molecule has 0 fully saturated rings. The van der Waals surface area contributed by atoms with Crippen molar-refractivity contribution in [2.75, 3.05) is 20.8 Å². The van der Waals surface area contributed by atoms with Crippen LogP contribution in [0.5, 0.6) is 5.75 Å². The van der Waals surface area contributed by atoms with E-state index in [9.17, 15) is 4.79 Å². The molecule has 0 aliphatic rings. The lowest BCUT2D eigenvalue weighted by molar-refractivity contribution is -0.132. The van der Waals surface area contributed by atoms with E-state index in [0.717, 1.165) is 5.71 Å². The number of methoxy groups -OCH3 is 1. The van der Waals surface area contributed by atoms with Crippen molar-refractivity contribution in [3.63, 3.8) is 0 Å². The van der Waals surface area contributed by atoms with E-state index in [0.29, 0.717) is 23.6 Å². The molecule has 0 atom stereocenters. The Balaban J connectivity index is 3.15. The Hall–Kier alpha value is -2.77. The summed E-state index contributed by atoms with van der Waals surface area (Å²) in [4.78, 5) is 30.1. The first-order valence-electron chi connectivity index (χ1n) is 6.92. The van der Waals surface area contributed by atoms with Gasteiger partial charge in [-0.05, 0) is 20.8 Å². The monoisotopic (exact) mass is 320 g/mol. The van der Waals surface area contributed by atoms with Crippen molar-refractivity contribution in [1.82, 2.24) is 4.98 Å². The second-order valence-corrected chi connectivity index (χ2v) is 4.31. The Morgan fingerprint density at radius 3 is 2.57 bits per heavy atom. The maximum absolute atomic E-state index is 11.8. The topological polar surface area (TPSA) is 94.7 Å². The molecule has 0 aromatic carbocycles. The highest BCUT2D eigenvalue weighted by molar-refractivity contribution is 6.43. The van der Waals surface area contributed by atoms with Crippen LogP contribution in [0.25, 0.3) is 0 Å². The summed E-state index contributed by atoms with van der Waals surface area (Å²) in [6.07, 6.45) is 2.93. The van der Waals surface area contributed by atoms with Gasteiger partial charge < -0.3 is 14.4 Å². The van der Waals surface area contributed by atoms with E-state index in [1.807, 2.05) is 13.8 Å². The zero-order valence-electron chi connectivity index (χ0n) is 13.9. The molecular weight excluding hydrogens is 300 g/mol. The average Bonchev–Trinajstić information content (AvgIpc) is 2.57. The number of aromatic nitrogens is 1. The van der Waals surface area contributed by atoms with Gasteiger partial charge in [0.05, 0.1) is 24.1 Å². The van der Waals surface area contributed by atoms with E-state index in [4.69, 9.17) is 4.84 Å². The summed E-state index contributed by atoms with van der Waals surface area (Å²) in [6.45, 7) is 6.21. The largest absolute Gasteiger partial charge is 0.464 e. The average molecular weight is 320 g/mol. The molecule has 0 aliphatic heterocycles. The first-order chi connectivity index (χ1) is 11.0. The molecule has 8 heteroatoms. The maximum atomic E-state index is 11.8. The number of hydrogen-bond donors (Lipinski definition) is 0. The summed E-state index contributed by atoms with van der Waals surface area (Å²) < 4.78 is 4.68. The van der Waals surface area contributed by atoms with Crippen molar-refractivity contribution < 1.29 is 19.2 Å². The second kappa shape index (κ2) is 9.29. The lowest BCUT2D eigenvalue weighted by atomic mass is 10.1. The summed E-state index contributed by atoms with van der Waals surface area (Å²) in [5, 5.41) is 7.68. The van der Waals surface area contributed by atoms with Crippen LogP contribution >= 0.6 is 0 Å². The number of carbonyl (C=O) groups is 1. The number of esters is 1. The highest BCUT2D eigenvalue weighted by atomic mass is 16.6. The minimum Gasteiger partial charge on any atom is -0.464 e. The number of carbonyl (C=O) groups excluding carboxylic acids is 1. The fourth-order valence-electron chi connectivity index (χ4n) is 1.56.